The molecular weight excluding hydrogens is 368 g/mol. The maximum Gasteiger partial charge on any atom is 0.318 e. The van der Waals surface area contributed by atoms with Gasteiger partial charge in [0.25, 0.3) is 0 Å². The number of sulfonamides is 1. The Bertz CT molecular complexity index is 730. The van der Waals surface area contributed by atoms with E-state index in [1.165, 1.54) is 0 Å². The van der Waals surface area contributed by atoms with Gasteiger partial charge < -0.3 is 14.7 Å². The van der Waals surface area contributed by atoms with Crippen LogP contribution in [0.4, 0.5) is 0 Å². The van der Waals surface area contributed by atoms with Crippen LogP contribution >= 0.6 is 11.3 Å². The quantitative estimate of drug-likeness (QED) is 0.712. The minimum atomic E-state index is -3.67. The molecule has 1 aromatic rings. The number of rotatable bonds is 7. The second-order valence-corrected chi connectivity index (χ2v) is 9.33. The van der Waals surface area contributed by atoms with E-state index in [0.717, 1.165) is 20.3 Å². The lowest BCUT2D eigenvalue weighted by Crippen LogP contribution is -2.51. The first-order valence-corrected chi connectivity index (χ1v) is 10.4. The predicted molar refractivity (Wildman–Crippen MR) is 93.1 cm³/mol. The number of carbonyl (C=O) groups excluding carboxylic acids is 1. The number of thiophene rings is 1. The van der Waals surface area contributed by atoms with Gasteiger partial charge in [0.15, 0.2) is 0 Å². The topological polar surface area (TPSA) is 104 Å². The Morgan fingerprint density at radius 3 is 2.72 bits per heavy atom. The van der Waals surface area contributed by atoms with Crippen LogP contribution in [0.25, 0.3) is 0 Å². The molecule has 0 saturated carbocycles. The summed E-state index contributed by atoms with van der Waals surface area (Å²) in [5.41, 5.74) is 0. The van der Waals surface area contributed by atoms with Crippen LogP contribution < -0.4 is 0 Å². The van der Waals surface area contributed by atoms with Gasteiger partial charge >= 0.3 is 5.97 Å². The van der Waals surface area contributed by atoms with Crippen LogP contribution in [0.3, 0.4) is 0 Å². The molecule has 1 aliphatic heterocycles. The third-order valence-electron chi connectivity index (χ3n) is 3.80. The SMILES string of the molecule is Cc1ccc(CC(=O)N2CCOC(CN(CC(=O)O)S(C)(=O)=O)C2)s1. The molecule has 140 valence electrons. The normalized spacial score (nSPS) is 18.5. The maximum absolute atomic E-state index is 12.4. The van der Waals surface area contributed by atoms with Crippen LogP contribution in [0.15, 0.2) is 12.1 Å². The fourth-order valence-corrected chi connectivity index (χ4v) is 4.26. The standard InChI is InChI=1S/C15H22N2O6S2/c1-11-3-4-13(24-11)7-14(18)16-5-6-23-12(8-16)9-17(10-15(19)20)25(2,21)22/h3-4,12H,5-10H2,1-2H3,(H,19,20). The molecule has 1 saturated heterocycles. The van der Waals surface area contributed by atoms with Crippen LogP contribution in [0.2, 0.25) is 0 Å². The lowest BCUT2D eigenvalue weighted by atomic mass is 10.2. The van der Waals surface area contributed by atoms with Crippen LogP contribution in [0, 0.1) is 6.92 Å². The third kappa shape index (κ3) is 6.07. The molecule has 1 unspecified atom stereocenters. The van der Waals surface area contributed by atoms with Gasteiger partial charge in [0.05, 0.1) is 25.4 Å². The number of morpholine rings is 1. The van der Waals surface area contributed by atoms with Gasteiger partial charge in [0, 0.05) is 29.4 Å². The second kappa shape index (κ2) is 8.26. The Morgan fingerprint density at radius 2 is 2.16 bits per heavy atom. The van der Waals surface area contributed by atoms with Gasteiger partial charge in [-0.15, -0.1) is 11.3 Å². The third-order valence-corrected chi connectivity index (χ3v) is 6.02. The van der Waals surface area contributed by atoms with Crippen molar-refractivity contribution >= 4 is 33.2 Å². The molecule has 2 heterocycles. The number of amides is 1. The van der Waals surface area contributed by atoms with Crippen molar-refractivity contribution < 1.29 is 27.9 Å². The summed E-state index contributed by atoms with van der Waals surface area (Å²) >= 11 is 1.57. The molecule has 0 spiro atoms. The first-order chi connectivity index (χ1) is 11.6. The fourth-order valence-electron chi connectivity index (χ4n) is 2.59. The van der Waals surface area contributed by atoms with Crippen LogP contribution in [0.5, 0.6) is 0 Å². The molecule has 1 atom stereocenters. The number of hydrogen-bond acceptors (Lipinski definition) is 6. The van der Waals surface area contributed by atoms with E-state index in [0.29, 0.717) is 19.6 Å². The van der Waals surface area contributed by atoms with E-state index in [-0.39, 0.29) is 19.0 Å². The number of hydrogen-bond donors (Lipinski definition) is 1. The summed E-state index contributed by atoms with van der Waals surface area (Å²) in [6.07, 6.45) is 0.716. The number of carbonyl (C=O) groups is 2. The molecular formula is C15H22N2O6S2. The molecule has 1 N–H and O–H groups in total. The van der Waals surface area contributed by atoms with Gasteiger partial charge in [-0.2, -0.15) is 4.31 Å². The van der Waals surface area contributed by atoms with Crippen molar-refractivity contribution in [3.8, 4) is 0 Å². The molecule has 0 aromatic carbocycles. The van der Waals surface area contributed by atoms with E-state index in [9.17, 15) is 18.0 Å². The molecule has 1 amide bonds. The Hall–Kier alpha value is -1.49. The van der Waals surface area contributed by atoms with E-state index in [4.69, 9.17) is 9.84 Å². The average Bonchev–Trinajstić information content (AvgIpc) is 2.90. The van der Waals surface area contributed by atoms with Gasteiger partial charge in [-0.1, -0.05) is 0 Å². The number of carboxylic acid groups (broad SMARTS) is 1. The van der Waals surface area contributed by atoms with E-state index in [1.807, 2.05) is 19.1 Å². The highest BCUT2D eigenvalue weighted by molar-refractivity contribution is 7.88. The summed E-state index contributed by atoms with van der Waals surface area (Å²) < 4.78 is 29.8. The monoisotopic (exact) mass is 390 g/mol. The molecule has 25 heavy (non-hydrogen) atoms. The van der Waals surface area contributed by atoms with Gasteiger partial charge in [-0.05, 0) is 19.1 Å². The van der Waals surface area contributed by atoms with Crippen molar-refractivity contribution in [2.75, 3.05) is 39.0 Å². The van der Waals surface area contributed by atoms with Crippen molar-refractivity contribution in [3.05, 3.63) is 21.9 Å². The summed E-state index contributed by atoms with van der Waals surface area (Å²) in [5, 5.41) is 8.87. The van der Waals surface area contributed by atoms with Crippen molar-refractivity contribution in [2.45, 2.75) is 19.4 Å². The minimum absolute atomic E-state index is 0.0423. The molecule has 8 nitrogen and oxygen atoms in total. The van der Waals surface area contributed by atoms with E-state index in [1.54, 1.807) is 16.2 Å². The minimum Gasteiger partial charge on any atom is -0.480 e. The summed E-state index contributed by atoms with van der Waals surface area (Å²) in [5.74, 6) is -1.28. The Balaban J connectivity index is 1.97. The fraction of sp³-hybridized carbons (Fsp3) is 0.600. The molecule has 0 radical (unpaired) electrons. The molecule has 0 aliphatic carbocycles. The summed E-state index contributed by atoms with van der Waals surface area (Å²) in [6, 6.07) is 3.89. The maximum atomic E-state index is 12.4. The smallest absolute Gasteiger partial charge is 0.318 e. The highest BCUT2D eigenvalue weighted by Crippen LogP contribution is 2.17. The lowest BCUT2D eigenvalue weighted by molar-refractivity contribution is -0.140. The van der Waals surface area contributed by atoms with E-state index < -0.39 is 28.6 Å². The zero-order valence-electron chi connectivity index (χ0n) is 14.2. The molecule has 1 fully saturated rings. The van der Waals surface area contributed by atoms with Crippen molar-refractivity contribution in [1.29, 1.82) is 0 Å². The van der Waals surface area contributed by atoms with Gasteiger partial charge in [-0.3, -0.25) is 9.59 Å². The zero-order chi connectivity index (χ0) is 18.6. The van der Waals surface area contributed by atoms with Crippen molar-refractivity contribution in [2.24, 2.45) is 0 Å². The van der Waals surface area contributed by atoms with Crippen LogP contribution in [-0.2, 0) is 30.8 Å². The number of aryl methyl sites for hydroxylation is 1. The number of ether oxygens (including phenoxy) is 1. The first kappa shape index (κ1) is 19.8. The Labute approximate surface area is 151 Å². The molecule has 1 aromatic heterocycles. The zero-order valence-corrected chi connectivity index (χ0v) is 15.8. The highest BCUT2D eigenvalue weighted by Gasteiger charge is 2.29. The molecule has 2 rings (SSSR count). The number of aliphatic carboxylic acids is 1. The Kier molecular flexibility index (Phi) is 6.55. The Morgan fingerprint density at radius 1 is 1.44 bits per heavy atom. The van der Waals surface area contributed by atoms with Crippen LogP contribution in [0.1, 0.15) is 9.75 Å². The van der Waals surface area contributed by atoms with Crippen LogP contribution in [-0.4, -0.2) is 79.8 Å². The number of nitrogens with zero attached hydrogens (tertiary/aromatic N) is 2. The largest absolute Gasteiger partial charge is 0.480 e. The lowest BCUT2D eigenvalue weighted by Gasteiger charge is -2.34. The van der Waals surface area contributed by atoms with E-state index in [2.05, 4.69) is 0 Å². The van der Waals surface area contributed by atoms with Gasteiger partial charge in [0.1, 0.15) is 6.54 Å². The second-order valence-electron chi connectivity index (χ2n) is 5.97. The molecule has 1 aliphatic rings. The number of carboxylic acids is 1. The van der Waals surface area contributed by atoms with E-state index >= 15 is 0 Å². The van der Waals surface area contributed by atoms with Gasteiger partial charge in [-0.25, -0.2) is 8.42 Å². The summed E-state index contributed by atoms with van der Waals surface area (Å²) in [4.78, 5) is 27.1. The van der Waals surface area contributed by atoms with Gasteiger partial charge in [0.2, 0.25) is 15.9 Å². The highest BCUT2D eigenvalue weighted by atomic mass is 32.2. The summed E-state index contributed by atoms with van der Waals surface area (Å²) in [7, 11) is -3.67. The predicted octanol–water partition coefficient (Wildman–Crippen LogP) is 0.173. The summed E-state index contributed by atoms with van der Waals surface area (Å²) in [6.45, 7) is 2.25. The van der Waals surface area contributed by atoms with Crippen molar-refractivity contribution in [3.63, 3.8) is 0 Å². The molecule has 0 bridgehead atoms. The first-order valence-electron chi connectivity index (χ1n) is 7.76. The van der Waals surface area contributed by atoms with Crippen molar-refractivity contribution in [1.82, 2.24) is 9.21 Å². The average molecular weight is 390 g/mol. The molecule has 10 heteroatoms.